The fourth-order valence-electron chi connectivity index (χ4n) is 3.30. The normalized spacial score (nSPS) is 10.9. The Labute approximate surface area is 164 Å². The molecule has 2 aromatic carbocycles. The van der Waals surface area contributed by atoms with E-state index in [4.69, 9.17) is 0 Å². The summed E-state index contributed by atoms with van der Waals surface area (Å²) in [5.41, 5.74) is 5.59. The lowest BCUT2D eigenvalue weighted by Crippen LogP contribution is -2.26. The van der Waals surface area contributed by atoms with Gasteiger partial charge in [0.2, 0.25) is 0 Å². The highest BCUT2D eigenvalue weighted by molar-refractivity contribution is 5.94. The number of rotatable bonds is 5. The van der Waals surface area contributed by atoms with Gasteiger partial charge in [0.05, 0.1) is 16.9 Å². The van der Waals surface area contributed by atoms with Crippen molar-refractivity contribution in [3.63, 3.8) is 0 Å². The number of para-hydroxylation sites is 1. The van der Waals surface area contributed by atoms with Crippen LogP contribution in [0.3, 0.4) is 0 Å². The average molecular weight is 370 g/mol. The molecule has 28 heavy (non-hydrogen) atoms. The maximum atomic E-state index is 12.4. The van der Waals surface area contributed by atoms with Gasteiger partial charge in [0.1, 0.15) is 5.69 Å². The third-order valence-electron chi connectivity index (χ3n) is 4.72. The van der Waals surface area contributed by atoms with Crippen molar-refractivity contribution >= 4 is 16.8 Å². The molecule has 5 heteroatoms. The first-order valence-corrected chi connectivity index (χ1v) is 9.37. The molecule has 0 saturated heterocycles. The van der Waals surface area contributed by atoms with Gasteiger partial charge in [-0.25, -0.2) is 9.67 Å². The molecule has 4 rings (SSSR count). The van der Waals surface area contributed by atoms with E-state index in [9.17, 15) is 4.79 Å². The van der Waals surface area contributed by atoms with Crippen LogP contribution in [0.4, 0.5) is 0 Å². The van der Waals surface area contributed by atoms with E-state index in [1.807, 2.05) is 48.9 Å². The minimum absolute atomic E-state index is 0.148. The molecule has 0 unspecified atom stereocenters. The number of hydrogen-bond donors (Lipinski definition) is 1. The number of nitrogens with zero attached hydrogens (tertiary/aromatic N) is 3. The molecule has 2 heterocycles. The highest BCUT2D eigenvalue weighted by Gasteiger charge is 2.08. The summed E-state index contributed by atoms with van der Waals surface area (Å²) in [6.45, 7) is 4.60. The summed E-state index contributed by atoms with van der Waals surface area (Å²) in [4.78, 5) is 16.8. The summed E-state index contributed by atoms with van der Waals surface area (Å²) < 4.78 is 1.94. The number of aromatic nitrogens is 3. The van der Waals surface area contributed by atoms with Crippen molar-refractivity contribution in [3.8, 4) is 5.69 Å². The van der Waals surface area contributed by atoms with Crippen LogP contribution in [0.1, 0.15) is 27.4 Å². The molecule has 0 bridgehead atoms. The Bertz CT molecular complexity index is 1130. The molecule has 0 saturated carbocycles. The predicted molar refractivity (Wildman–Crippen MR) is 111 cm³/mol. The van der Waals surface area contributed by atoms with E-state index >= 15 is 0 Å². The summed E-state index contributed by atoms with van der Waals surface area (Å²) in [6, 6.07) is 21.8. The molecule has 2 aromatic heterocycles. The monoisotopic (exact) mass is 370 g/mol. The van der Waals surface area contributed by atoms with Crippen LogP contribution in [0, 0.1) is 13.8 Å². The first kappa shape index (κ1) is 17.9. The fourth-order valence-corrected chi connectivity index (χ4v) is 3.30. The lowest BCUT2D eigenvalue weighted by Gasteiger charge is -2.08. The van der Waals surface area contributed by atoms with Crippen molar-refractivity contribution in [2.75, 3.05) is 6.54 Å². The lowest BCUT2D eigenvalue weighted by molar-refractivity contribution is 0.0949. The summed E-state index contributed by atoms with van der Waals surface area (Å²) in [5.74, 6) is -0.148. The summed E-state index contributed by atoms with van der Waals surface area (Å²) >= 11 is 0. The second kappa shape index (κ2) is 7.64. The van der Waals surface area contributed by atoms with Crippen molar-refractivity contribution in [2.45, 2.75) is 20.3 Å². The number of hydrogen-bond acceptors (Lipinski definition) is 3. The first-order valence-electron chi connectivity index (χ1n) is 9.37. The number of fused-ring (bicyclic) bond motifs is 1. The fraction of sp³-hybridized carbons (Fsp3) is 0.174. The highest BCUT2D eigenvalue weighted by Crippen LogP contribution is 2.14. The standard InChI is InChI=1S/C23H22N4O/c1-16-15-17(2)27(26-16)20-10-7-18(8-11-20)13-14-24-23(28)22-12-9-19-5-3-4-6-21(19)25-22/h3-12,15H,13-14H2,1-2H3,(H,24,28). The van der Waals surface area contributed by atoms with E-state index < -0.39 is 0 Å². The number of benzene rings is 2. The largest absolute Gasteiger partial charge is 0.350 e. The Kier molecular flexibility index (Phi) is 4.89. The van der Waals surface area contributed by atoms with Crippen molar-refractivity contribution in [1.82, 2.24) is 20.1 Å². The second-order valence-electron chi connectivity index (χ2n) is 6.90. The molecular weight excluding hydrogens is 348 g/mol. The summed E-state index contributed by atoms with van der Waals surface area (Å²) in [5, 5.41) is 8.48. The van der Waals surface area contributed by atoms with E-state index in [0.29, 0.717) is 12.2 Å². The molecule has 0 aliphatic carbocycles. The SMILES string of the molecule is Cc1cc(C)n(-c2ccc(CCNC(=O)c3ccc4ccccc4n3)cc2)n1. The molecule has 1 amide bonds. The molecule has 140 valence electrons. The smallest absolute Gasteiger partial charge is 0.269 e. The Balaban J connectivity index is 1.36. The third-order valence-corrected chi connectivity index (χ3v) is 4.72. The Hall–Kier alpha value is -3.47. The molecule has 5 nitrogen and oxygen atoms in total. The number of nitrogens with one attached hydrogen (secondary N) is 1. The van der Waals surface area contributed by atoms with Crippen LogP contribution in [-0.4, -0.2) is 27.2 Å². The van der Waals surface area contributed by atoms with Crippen LogP contribution in [0.15, 0.2) is 66.7 Å². The van der Waals surface area contributed by atoms with Gasteiger partial charge in [-0.1, -0.05) is 36.4 Å². The average Bonchev–Trinajstić information content (AvgIpc) is 3.06. The minimum Gasteiger partial charge on any atom is -0.350 e. The number of pyridine rings is 1. The van der Waals surface area contributed by atoms with E-state index in [1.54, 1.807) is 6.07 Å². The molecule has 0 aliphatic heterocycles. The zero-order valence-corrected chi connectivity index (χ0v) is 16.0. The minimum atomic E-state index is -0.148. The maximum absolute atomic E-state index is 12.4. The number of amides is 1. The Morgan fingerprint density at radius 1 is 1.00 bits per heavy atom. The molecule has 4 aromatic rings. The zero-order valence-electron chi connectivity index (χ0n) is 16.0. The van der Waals surface area contributed by atoms with Gasteiger partial charge in [0.15, 0.2) is 0 Å². The van der Waals surface area contributed by atoms with Crippen LogP contribution >= 0.6 is 0 Å². The highest BCUT2D eigenvalue weighted by atomic mass is 16.1. The molecule has 0 fully saturated rings. The topological polar surface area (TPSA) is 59.8 Å². The van der Waals surface area contributed by atoms with Crippen molar-refractivity contribution in [2.24, 2.45) is 0 Å². The number of carbonyl (C=O) groups is 1. The molecule has 0 atom stereocenters. The summed E-state index contributed by atoms with van der Waals surface area (Å²) in [7, 11) is 0. The number of carbonyl (C=O) groups excluding carboxylic acids is 1. The zero-order chi connectivity index (χ0) is 19.5. The van der Waals surface area contributed by atoms with Gasteiger partial charge in [0, 0.05) is 17.6 Å². The van der Waals surface area contributed by atoms with Gasteiger partial charge in [-0.05, 0) is 56.2 Å². The number of aryl methyl sites for hydroxylation is 2. The summed E-state index contributed by atoms with van der Waals surface area (Å²) in [6.07, 6.45) is 0.761. The molecule has 1 N–H and O–H groups in total. The van der Waals surface area contributed by atoms with E-state index in [2.05, 4.69) is 45.7 Å². The van der Waals surface area contributed by atoms with Crippen LogP contribution in [-0.2, 0) is 6.42 Å². The first-order chi connectivity index (χ1) is 13.6. The second-order valence-corrected chi connectivity index (χ2v) is 6.90. The van der Waals surface area contributed by atoms with Gasteiger partial charge >= 0.3 is 0 Å². The quantitative estimate of drug-likeness (QED) is 0.577. The van der Waals surface area contributed by atoms with E-state index in [-0.39, 0.29) is 5.91 Å². The van der Waals surface area contributed by atoms with Crippen LogP contribution in [0.5, 0.6) is 0 Å². The van der Waals surface area contributed by atoms with Crippen molar-refractivity contribution < 1.29 is 4.79 Å². The predicted octanol–water partition coefficient (Wildman–Crippen LogP) is 4.01. The Morgan fingerprint density at radius 3 is 2.54 bits per heavy atom. The van der Waals surface area contributed by atoms with Crippen LogP contribution in [0.25, 0.3) is 16.6 Å². The van der Waals surface area contributed by atoms with Crippen molar-refractivity contribution in [3.05, 3.63) is 89.4 Å². The van der Waals surface area contributed by atoms with Gasteiger partial charge < -0.3 is 5.32 Å². The van der Waals surface area contributed by atoms with Gasteiger partial charge in [-0.2, -0.15) is 5.10 Å². The maximum Gasteiger partial charge on any atom is 0.269 e. The Morgan fingerprint density at radius 2 is 1.79 bits per heavy atom. The third kappa shape index (κ3) is 3.78. The molecule has 0 aliphatic rings. The molecular formula is C23H22N4O. The van der Waals surface area contributed by atoms with E-state index in [0.717, 1.165) is 40.0 Å². The van der Waals surface area contributed by atoms with Gasteiger partial charge in [0.25, 0.3) is 5.91 Å². The van der Waals surface area contributed by atoms with Crippen LogP contribution < -0.4 is 5.32 Å². The van der Waals surface area contributed by atoms with Crippen LogP contribution in [0.2, 0.25) is 0 Å². The van der Waals surface area contributed by atoms with Gasteiger partial charge in [-0.3, -0.25) is 4.79 Å². The van der Waals surface area contributed by atoms with Crippen molar-refractivity contribution in [1.29, 1.82) is 0 Å². The van der Waals surface area contributed by atoms with Gasteiger partial charge in [-0.15, -0.1) is 0 Å². The van der Waals surface area contributed by atoms with E-state index in [1.165, 1.54) is 0 Å². The molecule has 0 spiro atoms. The molecule has 0 radical (unpaired) electrons. The lowest BCUT2D eigenvalue weighted by atomic mass is 10.1.